The molecule has 6 nitrogen and oxygen atoms in total. The summed E-state index contributed by atoms with van der Waals surface area (Å²) in [6.45, 7) is 1.01. The van der Waals surface area contributed by atoms with Crippen LogP contribution in [0, 0.1) is 17.1 Å². The largest absolute Gasteiger partial charge is 0.495 e. The Morgan fingerprint density at radius 2 is 2.10 bits per heavy atom. The van der Waals surface area contributed by atoms with Gasteiger partial charge in [-0.1, -0.05) is 6.07 Å². The minimum atomic E-state index is -0.339. The first kappa shape index (κ1) is 20.5. The zero-order valence-corrected chi connectivity index (χ0v) is 17.1. The van der Waals surface area contributed by atoms with E-state index >= 15 is 0 Å². The lowest BCUT2D eigenvalue weighted by Crippen LogP contribution is -2.36. The highest BCUT2D eigenvalue weighted by Crippen LogP contribution is 2.28. The van der Waals surface area contributed by atoms with Crippen molar-refractivity contribution in [1.82, 2.24) is 9.97 Å². The molecular formula is C24H21FN4O2. The Balaban J connectivity index is 1.65. The number of rotatable bonds is 5. The number of benzene rings is 2. The van der Waals surface area contributed by atoms with Crippen molar-refractivity contribution < 1.29 is 13.9 Å². The van der Waals surface area contributed by atoms with E-state index in [1.54, 1.807) is 30.5 Å². The molecule has 31 heavy (non-hydrogen) atoms. The van der Waals surface area contributed by atoms with E-state index in [9.17, 15) is 14.4 Å². The molecule has 4 rings (SSSR count). The maximum absolute atomic E-state index is 14.0. The number of carbonyl (C=O) groups is 1. The summed E-state index contributed by atoms with van der Waals surface area (Å²) in [5, 5.41) is 9.34. The number of halogens is 1. The minimum Gasteiger partial charge on any atom is -0.495 e. The number of hydrogen-bond donors (Lipinski definition) is 0. The molecule has 1 aliphatic heterocycles. The summed E-state index contributed by atoms with van der Waals surface area (Å²) in [5.41, 5.74) is 3.46. The second-order valence-corrected chi connectivity index (χ2v) is 7.40. The summed E-state index contributed by atoms with van der Waals surface area (Å²) >= 11 is 0. The average molecular weight is 416 g/mol. The van der Waals surface area contributed by atoms with E-state index in [2.05, 4.69) is 16.0 Å². The Morgan fingerprint density at radius 3 is 2.87 bits per heavy atom. The summed E-state index contributed by atoms with van der Waals surface area (Å²) in [4.78, 5) is 22.9. The van der Waals surface area contributed by atoms with Gasteiger partial charge < -0.3 is 9.64 Å². The highest BCUT2D eigenvalue weighted by Gasteiger charge is 2.20. The molecule has 2 heterocycles. The fraction of sp³-hybridized carbons (Fsp3) is 0.250. The first-order chi connectivity index (χ1) is 15.1. The Kier molecular flexibility index (Phi) is 5.89. The van der Waals surface area contributed by atoms with Gasteiger partial charge in [0.15, 0.2) is 5.78 Å². The van der Waals surface area contributed by atoms with Gasteiger partial charge in [0.25, 0.3) is 0 Å². The normalized spacial score (nSPS) is 13.7. The number of ketones is 1. The molecule has 0 saturated carbocycles. The van der Waals surface area contributed by atoms with Gasteiger partial charge in [-0.2, -0.15) is 5.26 Å². The van der Waals surface area contributed by atoms with Crippen LogP contribution < -0.4 is 9.64 Å². The number of nitriles is 1. The zero-order chi connectivity index (χ0) is 21.8. The van der Waals surface area contributed by atoms with E-state index in [0.29, 0.717) is 54.4 Å². The van der Waals surface area contributed by atoms with E-state index in [1.165, 1.54) is 19.2 Å². The van der Waals surface area contributed by atoms with Crippen LogP contribution in [0.2, 0.25) is 0 Å². The summed E-state index contributed by atoms with van der Waals surface area (Å²) < 4.78 is 19.2. The first-order valence-corrected chi connectivity index (χ1v) is 10.0. The Hall–Kier alpha value is -3.79. The maximum atomic E-state index is 14.0. The molecule has 0 amide bonds. The minimum absolute atomic E-state index is 0.160. The van der Waals surface area contributed by atoms with Gasteiger partial charge in [-0.05, 0) is 48.4 Å². The zero-order valence-electron chi connectivity index (χ0n) is 17.1. The van der Waals surface area contributed by atoms with Gasteiger partial charge in [0.1, 0.15) is 23.5 Å². The lowest BCUT2D eigenvalue weighted by Gasteiger charge is -2.29. The monoisotopic (exact) mass is 416 g/mol. The quantitative estimate of drug-likeness (QED) is 0.627. The average Bonchev–Trinajstić information content (AvgIpc) is 2.80. The van der Waals surface area contributed by atoms with Crippen LogP contribution in [0.25, 0.3) is 11.3 Å². The van der Waals surface area contributed by atoms with Gasteiger partial charge in [0.05, 0.1) is 24.9 Å². The topological polar surface area (TPSA) is 79.1 Å². The fourth-order valence-corrected chi connectivity index (χ4v) is 3.79. The molecule has 0 atom stereocenters. The standard InChI is InChI=1S/C24H21FN4O2/c1-31-23-7-5-16(11-18(23)14-26)21-8-9-27-24(28-21)12-17-4-6-19(25)13-22(17)29-10-2-3-20(30)15-29/h4-9,11,13H,2-3,10,12,15H2,1H3. The third-order valence-electron chi connectivity index (χ3n) is 5.31. The molecular weight excluding hydrogens is 395 g/mol. The number of hydrogen-bond acceptors (Lipinski definition) is 6. The molecule has 7 heteroatoms. The van der Waals surface area contributed by atoms with Crippen molar-refractivity contribution in [3.8, 4) is 23.1 Å². The Morgan fingerprint density at radius 1 is 1.23 bits per heavy atom. The molecule has 0 spiro atoms. The summed E-state index contributed by atoms with van der Waals surface area (Å²) in [5.74, 6) is 0.900. The Bertz CT molecular complexity index is 1170. The smallest absolute Gasteiger partial charge is 0.152 e. The molecule has 0 bridgehead atoms. The summed E-state index contributed by atoms with van der Waals surface area (Å²) in [6.07, 6.45) is 3.40. The third kappa shape index (κ3) is 4.53. The molecule has 0 N–H and O–H groups in total. The SMILES string of the molecule is COc1ccc(-c2ccnc(Cc3ccc(F)cc3N3CCCC(=O)C3)n2)cc1C#N. The van der Waals surface area contributed by atoms with E-state index in [1.807, 2.05) is 11.0 Å². The van der Waals surface area contributed by atoms with Gasteiger partial charge in [-0.3, -0.25) is 4.79 Å². The number of anilines is 1. The lowest BCUT2D eigenvalue weighted by atomic mass is 10.0. The lowest BCUT2D eigenvalue weighted by molar-refractivity contribution is -0.118. The maximum Gasteiger partial charge on any atom is 0.152 e. The molecule has 1 aromatic heterocycles. The van der Waals surface area contributed by atoms with Crippen molar-refractivity contribution in [2.45, 2.75) is 19.3 Å². The second-order valence-electron chi connectivity index (χ2n) is 7.40. The molecule has 2 aromatic carbocycles. The molecule has 1 fully saturated rings. The van der Waals surface area contributed by atoms with Gasteiger partial charge in [0, 0.05) is 36.8 Å². The summed E-state index contributed by atoms with van der Waals surface area (Å²) in [7, 11) is 1.52. The highest BCUT2D eigenvalue weighted by atomic mass is 19.1. The number of aromatic nitrogens is 2. The van der Waals surface area contributed by atoms with Crippen LogP contribution >= 0.6 is 0 Å². The van der Waals surface area contributed by atoms with Crippen LogP contribution in [0.1, 0.15) is 29.8 Å². The van der Waals surface area contributed by atoms with Gasteiger partial charge in [-0.15, -0.1) is 0 Å². The van der Waals surface area contributed by atoms with Crippen molar-refractivity contribution >= 4 is 11.5 Å². The van der Waals surface area contributed by atoms with Gasteiger partial charge in [-0.25, -0.2) is 14.4 Å². The van der Waals surface area contributed by atoms with Crippen LogP contribution in [0.5, 0.6) is 5.75 Å². The number of nitrogens with zero attached hydrogens (tertiary/aromatic N) is 4. The number of ether oxygens (including phenoxy) is 1. The van der Waals surface area contributed by atoms with Crippen molar-refractivity contribution in [2.24, 2.45) is 0 Å². The van der Waals surface area contributed by atoms with Crippen molar-refractivity contribution in [1.29, 1.82) is 5.26 Å². The first-order valence-electron chi connectivity index (χ1n) is 10.0. The number of carbonyl (C=O) groups excluding carboxylic acids is 1. The van der Waals surface area contributed by atoms with E-state index < -0.39 is 0 Å². The van der Waals surface area contributed by atoms with Crippen LogP contribution in [0.3, 0.4) is 0 Å². The summed E-state index contributed by atoms with van der Waals surface area (Å²) in [6, 6.07) is 13.8. The molecule has 156 valence electrons. The third-order valence-corrected chi connectivity index (χ3v) is 5.31. The number of Topliss-reactive ketones (excluding diaryl/α,β-unsaturated/α-hetero) is 1. The molecule has 1 aliphatic rings. The van der Waals surface area contributed by atoms with Crippen molar-refractivity contribution in [2.75, 3.05) is 25.1 Å². The second kappa shape index (κ2) is 8.92. The molecule has 0 radical (unpaired) electrons. The van der Waals surface area contributed by atoms with Crippen molar-refractivity contribution in [3.63, 3.8) is 0 Å². The predicted octanol–water partition coefficient (Wildman–Crippen LogP) is 3.92. The van der Waals surface area contributed by atoms with E-state index in [4.69, 9.17) is 4.74 Å². The highest BCUT2D eigenvalue weighted by molar-refractivity contribution is 5.85. The van der Waals surface area contributed by atoms with Crippen LogP contribution in [0.4, 0.5) is 10.1 Å². The predicted molar refractivity (Wildman–Crippen MR) is 114 cm³/mol. The molecule has 0 unspecified atom stereocenters. The molecule has 0 aliphatic carbocycles. The van der Waals surface area contributed by atoms with Crippen LogP contribution in [-0.4, -0.2) is 36.0 Å². The van der Waals surface area contributed by atoms with Crippen molar-refractivity contribution in [3.05, 3.63) is 71.4 Å². The Labute approximate surface area is 179 Å². The molecule has 1 saturated heterocycles. The van der Waals surface area contributed by atoms with Crippen LogP contribution in [0.15, 0.2) is 48.7 Å². The van der Waals surface area contributed by atoms with E-state index in [-0.39, 0.29) is 11.6 Å². The fourth-order valence-electron chi connectivity index (χ4n) is 3.79. The van der Waals surface area contributed by atoms with E-state index in [0.717, 1.165) is 17.5 Å². The van der Waals surface area contributed by atoms with Gasteiger partial charge in [0.2, 0.25) is 0 Å². The number of methoxy groups -OCH3 is 1. The number of piperidine rings is 1. The van der Waals surface area contributed by atoms with Gasteiger partial charge >= 0.3 is 0 Å². The van der Waals surface area contributed by atoms with Crippen LogP contribution in [-0.2, 0) is 11.2 Å². The molecule has 3 aromatic rings.